The van der Waals surface area contributed by atoms with Gasteiger partial charge in [0.1, 0.15) is 5.25 Å². The summed E-state index contributed by atoms with van der Waals surface area (Å²) in [5, 5.41) is -0.102. The average Bonchev–Trinajstić information content (AvgIpc) is 2.74. The number of carbonyl (C=O) groups excluding carboxylic acids is 1. The first-order valence-electron chi connectivity index (χ1n) is 6.82. The molecule has 2 atom stereocenters. The molecule has 0 saturated heterocycles. The molecular formula is C15H19NO2S. The molecule has 0 N–H and O–H groups in total. The molecular weight excluding hydrogens is 258 g/mol. The highest BCUT2D eigenvalue weighted by Gasteiger charge is 2.44. The molecule has 4 heteroatoms. The smallest absolute Gasteiger partial charge is 0.321 e. The van der Waals surface area contributed by atoms with Crippen LogP contribution in [-0.2, 0) is 9.53 Å². The highest BCUT2D eigenvalue weighted by molar-refractivity contribution is 8.04. The summed E-state index contributed by atoms with van der Waals surface area (Å²) in [6.07, 6.45) is 6.33. The van der Waals surface area contributed by atoms with Crippen molar-refractivity contribution in [1.29, 1.82) is 0 Å². The maximum absolute atomic E-state index is 12.2. The zero-order valence-electron chi connectivity index (χ0n) is 11.6. The normalized spacial score (nSPS) is 28.9. The van der Waals surface area contributed by atoms with Crippen LogP contribution in [0.2, 0.25) is 0 Å². The predicted molar refractivity (Wildman–Crippen MR) is 77.4 cm³/mol. The van der Waals surface area contributed by atoms with Crippen molar-refractivity contribution in [3.8, 4) is 0 Å². The van der Waals surface area contributed by atoms with Crippen LogP contribution in [0.1, 0.15) is 33.6 Å². The van der Waals surface area contributed by atoms with Gasteiger partial charge in [-0.2, -0.15) is 0 Å². The van der Waals surface area contributed by atoms with E-state index >= 15 is 0 Å². The van der Waals surface area contributed by atoms with Crippen LogP contribution in [-0.4, -0.2) is 28.8 Å². The Kier molecular flexibility index (Phi) is 3.21. The Hall–Kier alpha value is -1.16. The van der Waals surface area contributed by atoms with E-state index in [4.69, 9.17) is 4.74 Å². The van der Waals surface area contributed by atoms with Crippen molar-refractivity contribution in [2.24, 2.45) is 0 Å². The Labute approximate surface area is 118 Å². The number of hydrogen-bond acceptors (Lipinski definition) is 4. The van der Waals surface area contributed by atoms with Crippen LogP contribution >= 0.6 is 11.8 Å². The number of allylic oxidation sites excluding steroid dienone is 3. The summed E-state index contributed by atoms with van der Waals surface area (Å²) in [5.41, 5.74) is 4.08. The number of rotatable bonds is 2. The first-order valence-corrected chi connectivity index (χ1v) is 7.70. The van der Waals surface area contributed by atoms with E-state index in [0.29, 0.717) is 6.61 Å². The second-order valence-corrected chi connectivity index (χ2v) is 6.57. The first kappa shape index (κ1) is 12.9. The highest BCUT2D eigenvalue weighted by atomic mass is 32.2. The molecule has 0 spiro atoms. The van der Waals surface area contributed by atoms with E-state index in [-0.39, 0.29) is 17.3 Å². The topological polar surface area (TPSA) is 29.5 Å². The molecule has 3 aliphatic rings. The van der Waals surface area contributed by atoms with Gasteiger partial charge in [-0.25, -0.2) is 0 Å². The zero-order chi connectivity index (χ0) is 13.6. The first-order chi connectivity index (χ1) is 9.13. The fourth-order valence-corrected chi connectivity index (χ4v) is 4.37. The zero-order valence-corrected chi connectivity index (χ0v) is 12.4. The van der Waals surface area contributed by atoms with Gasteiger partial charge in [0.15, 0.2) is 0 Å². The summed E-state index contributed by atoms with van der Waals surface area (Å²) < 4.78 is 5.25. The van der Waals surface area contributed by atoms with E-state index in [1.54, 1.807) is 11.8 Å². The molecule has 3 aliphatic heterocycles. The third-order valence-corrected chi connectivity index (χ3v) is 5.33. The van der Waals surface area contributed by atoms with Crippen LogP contribution in [0.25, 0.3) is 0 Å². The lowest BCUT2D eigenvalue weighted by Gasteiger charge is -2.42. The fraction of sp³-hybridized carbons (Fsp3) is 0.533. The standard InChI is InChI=1S/C15H19NO2S/c1-4-18-15(17)14-12-7-5-6-11-9(2)8-13(16(11)12)10(3)19-14/h5-6,12,14H,4,7-8H2,1-3H3/t12-,14+/m0/s1. The summed E-state index contributed by atoms with van der Waals surface area (Å²) in [7, 11) is 0. The van der Waals surface area contributed by atoms with Gasteiger partial charge in [-0.05, 0) is 38.8 Å². The minimum absolute atomic E-state index is 0.0740. The summed E-state index contributed by atoms with van der Waals surface area (Å²) in [6, 6.07) is 0.222. The number of hydrogen-bond donors (Lipinski definition) is 0. The quantitative estimate of drug-likeness (QED) is 0.725. The van der Waals surface area contributed by atoms with E-state index in [9.17, 15) is 4.79 Å². The third kappa shape index (κ3) is 1.93. The lowest BCUT2D eigenvalue weighted by Crippen LogP contribution is -2.47. The van der Waals surface area contributed by atoms with Crippen molar-refractivity contribution in [3.63, 3.8) is 0 Å². The van der Waals surface area contributed by atoms with Gasteiger partial charge in [-0.1, -0.05) is 6.08 Å². The minimum Gasteiger partial charge on any atom is -0.465 e. The van der Waals surface area contributed by atoms with Gasteiger partial charge >= 0.3 is 5.97 Å². The van der Waals surface area contributed by atoms with Crippen molar-refractivity contribution in [2.45, 2.75) is 44.9 Å². The summed E-state index contributed by atoms with van der Waals surface area (Å²) in [4.78, 5) is 15.8. The molecule has 3 nitrogen and oxygen atoms in total. The number of ether oxygens (including phenoxy) is 1. The minimum atomic E-state index is -0.102. The van der Waals surface area contributed by atoms with Crippen molar-refractivity contribution in [3.05, 3.63) is 34.0 Å². The Bertz CT molecular complexity index is 518. The molecule has 3 rings (SSSR count). The number of carbonyl (C=O) groups is 1. The maximum atomic E-state index is 12.2. The highest BCUT2D eigenvalue weighted by Crippen LogP contribution is 2.48. The lowest BCUT2D eigenvalue weighted by atomic mass is 10.0. The number of nitrogens with zero attached hydrogens (tertiary/aromatic N) is 1. The van der Waals surface area contributed by atoms with E-state index in [2.05, 4.69) is 30.9 Å². The summed E-state index contributed by atoms with van der Waals surface area (Å²) in [5.74, 6) is -0.0740. The van der Waals surface area contributed by atoms with Crippen molar-refractivity contribution in [2.75, 3.05) is 6.61 Å². The summed E-state index contributed by atoms with van der Waals surface area (Å²) >= 11 is 1.68. The van der Waals surface area contributed by atoms with Gasteiger partial charge in [-0.3, -0.25) is 4.79 Å². The van der Waals surface area contributed by atoms with E-state index in [1.165, 1.54) is 21.9 Å². The second kappa shape index (κ2) is 4.75. The van der Waals surface area contributed by atoms with Gasteiger partial charge in [0.2, 0.25) is 0 Å². The fourth-order valence-electron chi connectivity index (χ4n) is 3.12. The number of thioether (sulfide) groups is 1. The van der Waals surface area contributed by atoms with Gasteiger partial charge in [0.05, 0.1) is 12.6 Å². The van der Waals surface area contributed by atoms with Gasteiger partial charge in [-0.15, -0.1) is 11.8 Å². The number of esters is 1. The van der Waals surface area contributed by atoms with Crippen LogP contribution in [0.3, 0.4) is 0 Å². The largest absolute Gasteiger partial charge is 0.465 e. The molecule has 0 bridgehead atoms. The lowest BCUT2D eigenvalue weighted by molar-refractivity contribution is -0.143. The Morgan fingerprint density at radius 3 is 3.05 bits per heavy atom. The van der Waals surface area contributed by atoms with Gasteiger partial charge < -0.3 is 9.64 Å². The monoisotopic (exact) mass is 277 g/mol. The van der Waals surface area contributed by atoms with Crippen molar-refractivity contribution < 1.29 is 9.53 Å². The molecule has 0 fully saturated rings. The molecule has 0 saturated carbocycles. The molecule has 0 radical (unpaired) electrons. The Balaban J connectivity index is 1.99. The molecule has 0 aromatic heterocycles. The van der Waals surface area contributed by atoms with E-state index in [0.717, 1.165) is 12.8 Å². The second-order valence-electron chi connectivity index (χ2n) is 5.21. The van der Waals surface area contributed by atoms with Crippen molar-refractivity contribution in [1.82, 2.24) is 4.90 Å². The van der Waals surface area contributed by atoms with Crippen LogP contribution in [0.15, 0.2) is 34.0 Å². The Morgan fingerprint density at radius 2 is 2.32 bits per heavy atom. The Morgan fingerprint density at radius 1 is 1.53 bits per heavy atom. The maximum Gasteiger partial charge on any atom is 0.321 e. The molecule has 3 heterocycles. The molecule has 0 amide bonds. The van der Waals surface area contributed by atoms with Crippen LogP contribution in [0.4, 0.5) is 0 Å². The van der Waals surface area contributed by atoms with Crippen molar-refractivity contribution >= 4 is 17.7 Å². The molecule has 19 heavy (non-hydrogen) atoms. The van der Waals surface area contributed by atoms with Gasteiger partial charge in [0, 0.05) is 22.7 Å². The summed E-state index contributed by atoms with van der Waals surface area (Å²) in [6.45, 7) is 6.63. The predicted octanol–water partition coefficient (Wildman–Crippen LogP) is 3.20. The third-order valence-electron chi connectivity index (χ3n) is 3.98. The molecule has 102 valence electrons. The van der Waals surface area contributed by atoms with Crippen LogP contribution in [0.5, 0.6) is 0 Å². The van der Waals surface area contributed by atoms with Crippen LogP contribution < -0.4 is 0 Å². The molecule has 0 aromatic rings. The molecule has 0 aliphatic carbocycles. The molecule has 0 aromatic carbocycles. The SMILES string of the molecule is CCOC(=O)[C@@H]1SC(C)=C2CC(C)=C3C=CC[C@@H]1N32. The van der Waals surface area contributed by atoms with Gasteiger partial charge in [0.25, 0.3) is 0 Å². The molecule has 0 unspecified atom stereocenters. The van der Waals surface area contributed by atoms with Crippen LogP contribution in [0, 0.1) is 0 Å². The average molecular weight is 277 g/mol. The van der Waals surface area contributed by atoms with E-state index in [1.807, 2.05) is 6.92 Å². The van der Waals surface area contributed by atoms with E-state index < -0.39 is 0 Å².